The van der Waals surface area contributed by atoms with E-state index in [-0.39, 0.29) is 6.09 Å². The zero-order valence-electron chi connectivity index (χ0n) is 17.1. The predicted molar refractivity (Wildman–Crippen MR) is 113 cm³/mol. The molecule has 6 heteroatoms. The highest BCUT2D eigenvalue weighted by Gasteiger charge is 2.27. The van der Waals surface area contributed by atoms with Crippen molar-refractivity contribution in [2.45, 2.75) is 45.8 Å². The number of aromatic nitrogens is 1. The summed E-state index contributed by atoms with van der Waals surface area (Å²) in [5, 5.41) is 0. The van der Waals surface area contributed by atoms with Gasteiger partial charge in [0, 0.05) is 31.9 Å². The van der Waals surface area contributed by atoms with Crippen molar-refractivity contribution in [3.05, 3.63) is 59.3 Å². The molecule has 1 atom stereocenters. The first-order valence-electron chi connectivity index (χ1n) is 9.68. The zero-order valence-corrected chi connectivity index (χ0v) is 18.0. The van der Waals surface area contributed by atoms with E-state index >= 15 is 0 Å². The Bertz CT molecular complexity index is 805. The summed E-state index contributed by atoms with van der Waals surface area (Å²) < 4.78 is 11.3. The van der Waals surface area contributed by atoms with Crippen LogP contribution < -0.4 is 5.44 Å². The van der Waals surface area contributed by atoms with Gasteiger partial charge in [0.05, 0.1) is 20.1 Å². The number of ether oxygens (including phenoxy) is 1. The minimum atomic E-state index is -0.751. The number of hydrogen-bond acceptors (Lipinski definition) is 4. The molecule has 0 spiro atoms. The fourth-order valence-electron chi connectivity index (χ4n) is 3.20. The van der Waals surface area contributed by atoms with Crippen LogP contribution in [-0.2, 0) is 28.6 Å². The molecule has 1 aliphatic rings. The Labute approximate surface area is 168 Å². The number of amides is 1. The van der Waals surface area contributed by atoms with E-state index in [9.17, 15) is 4.79 Å². The van der Waals surface area contributed by atoms with Crippen LogP contribution in [0.4, 0.5) is 4.79 Å². The SMILES string of the molecule is COP(CCc1ccccc1)c1ccc2c(n1)CCN(C(=O)OC(C)(C)C)C2. The Morgan fingerprint density at radius 3 is 2.61 bits per heavy atom. The van der Waals surface area contributed by atoms with Crippen molar-refractivity contribution in [3.8, 4) is 0 Å². The van der Waals surface area contributed by atoms with Gasteiger partial charge in [0.2, 0.25) is 0 Å². The van der Waals surface area contributed by atoms with Crippen molar-refractivity contribution in [1.82, 2.24) is 9.88 Å². The van der Waals surface area contributed by atoms with E-state index < -0.39 is 13.7 Å². The summed E-state index contributed by atoms with van der Waals surface area (Å²) >= 11 is 0. The van der Waals surface area contributed by atoms with E-state index in [4.69, 9.17) is 14.2 Å². The van der Waals surface area contributed by atoms with Crippen molar-refractivity contribution in [1.29, 1.82) is 0 Å². The van der Waals surface area contributed by atoms with Crippen LogP contribution in [0.15, 0.2) is 42.5 Å². The van der Waals surface area contributed by atoms with Crippen LogP contribution >= 0.6 is 8.15 Å². The molecule has 1 aromatic heterocycles. The Kier molecular flexibility index (Phi) is 6.69. The fourth-order valence-corrected chi connectivity index (χ4v) is 4.73. The fraction of sp³-hybridized carbons (Fsp3) is 0.455. The zero-order chi connectivity index (χ0) is 20.1. The molecule has 1 aliphatic heterocycles. The molecule has 0 saturated carbocycles. The second kappa shape index (κ2) is 9.02. The molecular formula is C22H29N2O3P. The van der Waals surface area contributed by atoms with Gasteiger partial charge in [-0.25, -0.2) is 4.79 Å². The third-order valence-corrected chi connectivity index (χ3v) is 6.44. The lowest BCUT2D eigenvalue weighted by Crippen LogP contribution is -2.40. The molecule has 1 amide bonds. The van der Waals surface area contributed by atoms with Crippen LogP contribution in [0.25, 0.3) is 0 Å². The molecule has 0 saturated heterocycles. The van der Waals surface area contributed by atoms with Crippen LogP contribution in [0.2, 0.25) is 0 Å². The molecule has 0 radical (unpaired) electrons. The largest absolute Gasteiger partial charge is 0.444 e. The smallest absolute Gasteiger partial charge is 0.410 e. The third kappa shape index (κ3) is 5.52. The van der Waals surface area contributed by atoms with E-state index in [2.05, 4.69) is 36.4 Å². The average molecular weight is 400 g/mol. The van der Waals surface area contributed by atoms with Gasteiger partial charge in [-0.1, -0.05) is 36.4 Å². The van der Waals surface area contributed by atoms with Gasteiger partial charge in [0.25, 0.3) is 0 Å². The van der Waals surface area contributed by atoms with E-state index in [1.54, 1.807) is 12.0 Å². The molecule has 1 unspecified atom stereocenters. The standard InChI is InChI=1S/C22H29N2O3P/c1-22(2,3)27-21(25)24-14-12-19-18(16-24)10-11-20(23-19)28(26-4)15-13-17-8-6-5-7-9-17/h5-11H,12-16H2,1-4H3. The van der Waals surface area contributed by atoms with Crippen LogP contribution in [0.5, 0.6) is 0 Å². The molecular weight excluding hydrogens is 371 g/mol. The van der Waals surface area contributed by atoms with Gasteiger partial charge in [0.1, 0.15) is 5.60 Å². The number of benzene rings is 1. The number of nitrogens with zero attached hydrogens (tertiary/aromatic N) is 2. The van der Waals surface area contributed by atoms with Crippen molar-refractivity contribution >= 4 is 19.7 Å². The second-order valence-electron chi connectivity index (χ2n) is 7.95. The molecule has 0 aliphatic carbocycles. The molecule has 3 rings (SSSR count). The highest BCUT2D eigenvalue weighted by atomic mass is 31.1. The van der Waals surface area contributed by atoms with Gasteiger partial charge in [-0.05, 0) is 44.4 Å². The molecule has 5 nitrogen and oxygen atoms in total. The molecule has 28 heavy (non-hydrogen) atoms. The van der Waals surface area contributed by atoms with E-state index in [1.165, 1.54) is 5.56 Å². The minimum Gasteiger partial charge on any atom is -0.444 e. The molecule has 0 N–H and O–H groups in total. The first kappa shape index (κ1) is 20.8. The number of fused-ring (bicyclic) bond motifs is 1. The molecule has 2 aromatic rings. The monoisotopic (exact) mass is 400 g/mol. The molecule has 0 bridgehead atoms. The Morgan fingerprint density at radius 2 is 1.93 bits per heavy atom. The van der Waals surface area contributed by atoms with Gasteiger partial charge >= 0.3 is 6.09 Å². The van der Waals surface area contributed by atoms with Crippen LogP contribution in [0.3, 0.4) is 0 Å². The first-order chi connectivity index (χ1) is 13.4. The summed E-state index contributed by atoms with van der Waals surface area (Å²) in [5.41, 5.74) is 4.03. The molecule has 150 valence electrons. The summed E-state index contributed by atoms with van der Waals surface area (Å²) in [6.45, 7) is 6.84. The summed E-state index contributed by atoms with van der Waals surface area (Å²) in [5.74, 6) is 0. The Morgan fingerprint density at radius 1 is 1.18 bits per heavy atom. The molecule has 2 heterocycles. The summed E-state index contributed by atoms with van der Waals surface area (Å²) in [6, 6.07) is 14.6. The lowest BCUT2D eigenvalue weighted by atomic mass is 10.1. The number of aryl methyl sites for hydroxylation is 1. The molecule has 1 aromatic carbocycles. The van der Waals surface area contributed by atoms with Crippen LogP contribution in [0.1, 0.15) is 37.6 Å². The van der Waals surface area contributed by atoms with Crippen LogP contribution in [-0.4, -0.2) is 41.4 Å². The van der Waals surface area contributed by atoms with Crippen LogP contribution in [0, 0.1) is 0 Å². The quantitative estimate of drug-likeness (QED) is 0.703. The third-order valence-electron chi connectivity index (χ3n) is 4.61. The van der Waals surface area contributed by atoms with Gasteiger partial charge in [-0.2, -0.15) is 0 Å². The first-order valence-corrected chi connectivity index (χ1v) is 11.1. The number of pyridine rings is 1. The minimum absolute atomic E-state index is 0.260. The van der Waals surface area contributed by atoms with Crippen molar-refractivity contribution in [3.63, 3.8) is 0 Å². The predicted octanol–water partition coefficient (Wildman–Crippen LogP) is 4.29. The summed E-state index contributed by atoms with van der Waals surface area (Å²) in [4.78, 5) is 19.0. The van der Waals surface area contributed by atoms with Crippen molar-refractivity contribution < 1.29 is 14.1 Å². The van der Waals surface area contributed by atoms with Gasteiger partial charge in [0.15, 0.2) is 0 Å². The number of hydrogen-bond donors (Lipinski definition) is 0. The summed E-state index contributed by atoms with van der Waals surface area (Å²) in [6.07, 6.45) is 2.41. The number of carbonyl (C=O) groups excluding carboxylic acids is 1. The second-order valence-corrected chi connectivity index (χ2v) is 9.98. The normalized spacial score (nSPS) is 15.1. The topological polar surface area (TPSA) is 51.7 Å². The lowest BCUT2D eigenvalue weighted by Gasteiger charge is -2.31. The Balaban J connectivity index is 1.65. The maximum atomic E-state index is 12.3. The molecule has 0 fully saturated rings. The number of carbonyl (C=O) groups is 1. The highest BCUT2D eigenvalue weighted by Crippen LogP contribution is 2.35. The van der Waals surface area contributed by atoms with Crippen molar-refractivity contribution in [2.75, 3.05) is 19.8 Å². The maximum absolute atomic E-state index is 12.3. The van der Waals surface area contributed by atoms with Gasteiger partial charge in [-0.3, -0.25) is 4.98 Å². The van der Waals surface area contributed by atoms with E-state index in [0.717, 1.165) is 35.7 Å². The van der Waals surface area contributed by atoms with E-state index in [1.807, 2.05) is 26.8 Å². The van der Waals surface area contributed by atoms with Gasteiger partial charge in [-0.15, -0.1) is 0 Å². The van der Waals surface area contributed by atoms with Crippen molar-refractivity contribution in [2.24, 2.45) is 0 Å². The van der Waals surface area contributed by atoms with Gasteiger partial charge < -0.3 is 14.2 Å². The Hall–Kier alpha value is -1.97. The highest BCUT2D eigenvalue weighted by molar-refractivity contribution is 7.60. The van der Waals surface area contributed by atoms with E-state index in [0.29, 0.717) is 13.1 Å². The number of rotatable bonds is 5. The summed E-state index contributed by atoms with van der Waals surface area (Å²) in [7, 11) is 1.02. The average Bonchev–Trinajstić information content (AvgIpc) is 2.67. The lowest BCUT2D eigenvalue weighted by molar-refractivity contribution is 0.0223. The maximum Gasteiger partial charge on any atom is 0.410 e.